The van der Waals surface area contributed by atoms with Crippen molar-refractivity contribution in [1.29, 1.82) is 0 Å². The summed E-state index contributed by atoms with van der Waals surface area (Å²) in [6.45, 7) is 6.53. The fourth-order valence-corrected chi connectivity index (χ4v) is 4.25. The summed E-state index contributed by atoms with van der Waals surface area (Å²) in [7, 11) is 0. The summed E-state index contributed by atoms with van der Waals surface area (Å²) in [6, 6.07) is 10.4. The summed E-state index contributed by atoms with van der Waals surface area (Å²) in [4.78, 5) is 0. The van der Waals surface area contributed by atoms with Crippen molar-refractivity contribution in [3.05, 3.63) is 70.3 Å². The minimum Gasteiger partial charge on any atom is -0.396 e. The van der Waals surface area contributed by atoms with Crippen LogP contribution in [0.3, 0.4) is 0 Å². The molecule has 2 aromatic rings. The molecule has 2 N–H and O–H groups in total. The number of hydrogen-bond donors (Lipinski definition) is 2. The van der Waals surface area contributed by atoms with Crippen LogP contribution in [0, 0.1) is 25.5 Å². The van der Waals surface area contributed by atoms with E-state index in [2.05, 4.69) is 37.4 Å². The van der Waals surface area contributed by atoms with Gasteiger partial charge in [0.15, 0.2) is 0 Å². The summed E-state index contributed by atoms with van der Waals surface area (Å²) in [6.07, 6.45) is 10.8. The van der Waals surface area contributed by atoms with E-state index in [-0.39, 0.29) is 12.5 Å². The number of unbranched alkanes of at least 4 members (excludes halogenated alkanes) is 6. The van der Waals surface area contributed by atoms with Gasteiger partial charge in [0.2, 0.25) is 0 Å². The number of rotatable bonds is 16. The largest absolute Gasteiger partial charge is 0.396 e. The van der Waals surface area contributed by atoms with Gasteiger partial charge in [-0.15, -0.1) is 0 Å². The minimum atomic E-state index is -0.491. The maximum Gasteiger partial charge on any atom is 0.126 e. The molecule has 0 fully saturated rings. The highest BCUT2D eigenvalue weighted by atomic mass is 19.1. The van der Waals surface area contributed by atoms with Crippen molar-refractivity contribution in [3.8, 4) is 0 Å². The van der Waals surface area contributed by atoms with Gasteiger partial charge >= 0.3 is 0 Å². The molecule has 0 saturated carbocycles. The van der Waals surface area contributed by atoms with Crippen LogP contribution in [-0.2, 0) is 6.42 Å². The van der Waals surface area contributed by atoms with Gasteiger partial charge < -0.3 is 10.4 Å². The maximum absolute atomic E-state index is 13.9. The lowest BCUT2D eigenvalue weighted by Gasteiger charge is -2.19. The van der Waals surface area contributed by atoms with Gasteiger partial charge in [-0.1, -0.05) is 50.3 Å². The van der Waals surface area contributed by atoms with Crippen molar-refractivity contribution in [2.45, 2.75) is 84.0 Å². The summed E-state index contributed by atoms with van der Waals surface area (Å²) < 4.78 is 27.7. The summed E-state index contributed by atoms with van der Waals surface area (Å²) in [5.41, 5.74) is 4.53. The first kappa shape index (κ1) is 26.5. The van der Waals surface area contributed by atoms with E-state index >= 15 is 0 Å². The van der Waals surface area contributed by atoms with Crippen molar-refractivity contribution in [2.75, 3.05) is 19.7 Å². The predicted octanol–water partition coefficient (Wildman–Crippen LogP) is 7.00. The van der Waals surface area contributed by atoms with E-state index < -0.39 is 11.6 Å². The van der Waals surface area contributed by atoms with E-state index in [9.17, 15) is 8.78 Å². The molecule has 0 aromatic heterocycles. The lowest BCUT2D eigenvalue weighted by Crippen LogP contribution is -2.16. The average Bonchev–Trinajstić information content (AvgIpc) is 2.75. The van der Waals surface area contributed by atoms with Crippen LogP contribution < -0.4 is 5.32 Å². The van der Waals surface area contributed by atoms with E-state index in [0.717, 1.165) is 63.2 Å². The van der Waals surface area contributed by atoms with Gasteiger partial charge in [0.05, 0.1) is 0 Å². The molecule has 0 heterocycles. The molecule has 0 aliphatic rings. The quantitative estimate of drug-likeness (QED) is 0.273. The molecule has 32 heavy (non-hydrogen) atoms. The number of aryl methyl sites for hydroxylation is 2. The Bertz CT molecular complexity index is 773. The molecule has 0 aliphatic carbocycles. The number of nitrogens with one attached hydrogen (secondary N) is 1. The Morgan fingerprint density at radius 2 is 1.38 bits per heavy atom. The Labute approximate surface area is 193 Å². The van der Waals surface area contributed by atoms with Gasteiger partial charge in [-0.2, -0.15) is 0 Å². The van der Waals surface area contributed by atoms with E-state index in [4.69, 9.17) is 5.11 Å². The number of benzene rings is 2. The first-order chi connectivity index (χ1) is 15.5. The third kappa shape index (κ3) is 10.2. The summed E-state index contributed by atoms with van der Waals surface area (Å²) in [5, 5.41) is 12.2. The zero-order valence-corrected chi connectivity index (χ0v) is 19.9. The molecule has 0 aliphatic heterocycles. The molecule has 178 valence electrons. The Balaban J connectivity index is 1.77. The van der Waals surface area contributed by atoms with Crippen molar-refractivity contribution in [3.63, 3.8) is 0 Å². The Hall–Kier alpha value is -1.78. The lowest BCUT2D eigenvalue weighted by atomic mass is 9.86. The predicted molar refractivity (Wildman–Crippen MR) is 130 cm³/mol. The molecule has 4 heteroatoms. The highest BCUT2D eigenvalue weighted by Gasteiger charge is 2.15. The third-order valence-corrected chi connectivity index (χ3v) is 6.33. The number of halogens is 2. The molecule has 0 amide bonds. The molecule has 0 bridgehead atoms. The highest BCUT2D eigenvalue weighted by molar-refractivity contribution is 5.32. The summed E-state index contributed by atoms with van der Waals surface area (Å²) >= 11 is 0. The van der Waals surface area contributed by atoms with Crippen LogP contribution in [0.4, 0.5) is 8.78 Å². The maximum atomic E-state index is 13.9. The average molecular weight is 446 g/mol. The standard InChI is InChI=1S/C28H41F2NO/c1-22-12-13-24(17-23(22)2)18-25(26-19-27(29)21-28(30)20-26)11-7-5-3-4-6-8-14-31-15-9-10-16-32/h12-13,17,19-21,25,31-32H,3-11,14-16,18H2,1-2H3. The monoisotopic (exact) mass is 445 g/mol. The van der Waals surface area contributed by atoms with Crippen LogP contribution >= 0.6 is 0 Å². The zero-order chi connectivity index (χ0) is 23.2. The molecule has 2 nitrogen and oxygen atoms in total. The topological polar surface area (TPSA) is 32.3 Å². The molecule has 1 atom stereocenters. The third-order valence-electron chi connectivity index (χ3n) is 6.33. The summed E-state index contributed by atoms with van der Waals surface area (Å²) in [5.74, 6) is -0.851. The lowest BCUT2D eigenvalue weighted by molar-refractivity contribution is 0.283. The van der Waals surface area contributed by atoms with Crippen LogP contribution in [0.2, 0.25) is 0 Å². The number of hydrogen-bond acceptors (Lipinski definition) is 2. The molecule has 2 aromatic carbocycles. The molecule has 0 saturated heterocycles. The van der Waals surface area contributed by atoms with Crippen LogP contribution in [0.15, 0.2) is 36.4 Å². The number of aliphatic hydroxyl groups is 1. The van der Waals surface area contributed by atoms with Gasteiger partial charge in [0, 0.05) is 12.7 Å². The van der Waals surface area contributed by atoms with E-state index in [0.29, 0.717) is 0 Å². The van der Waals surface area contributed by atoms with Crippen LogP contribution in [0.5, 0.6) is 0 Å². The Morgan fingerprint density at radius 1 is 0.750 bits per heavy atom. The number of aliphatic hydroxyl groups excluding tert-OH is 1. The van der Waals surface area contributed by atoms with Gasteiger partial charge in [-0.3, -0.25) is 0 Å². The smallest absolute Gasteiger partial charge is 0.126 e. The van der Waals surface area contributed by atoms with Gasteiger partial charge in [0.25, 0.3) is 0 Å². The van der Waals surface area contributed by atoms with Crippen molar-refractivity contribution >= 4 is 0 Å². The highest BCUT2D eigenvalue weighted by Crippen LogP contribution is 2.29. The second kappa shape index (κ2) is 15.1. The molecule has 1 unspecified atom stereocenters. The molecule has 0 spiro atoms. The van der Waals surface area contributed by atoms with E-state index in [1.807, 2.05) is 0 Å². The first-order valence-electron chi connectivity index (χ1n) is 12.3. The normalized spacial score (nSPS) is 12.3. The zero-order valence-electron chi connectivity index (χ0n) is 19.9. The second-order valence-electron chi connectivity index (χ2n) is 9.11. The fourth-order valence-electron chi connectivity index (χ4n) is 4.25. The molecular weight excluding hydrogens is 404 g/mol. The van der Waals surface area contributed by atoms with E-state index in [1.54, 1.807) is 0 Å². The SMILES string of the molecule is Cc1ccc(CC(CCCCCCCCNCCCCO)c2cc(F)cc(F)c2)cc1C. The van der Waals surface area contributed by atoms with Crippen LogP contribution in [0.25, 0.3) is 0 Å². The van der Waals surface area contributed by atoms with Crippen LogP contribution in [0.1, 0.15) is 86.0 Å². The molecular formula is C28H41F2NO. The van der Waals surface area contributed by atoms with Crippen molar-refractivity contribution in [2.24, 2.45) is 0 Å². The van der Waals surface area contributed by atoms with Crippen molar-refractivity contribution < 1.29 is 13.9 Å². The minimum absolute atomic E-state index is 0.130. The molecule has 0 radical (unpaired) electrons. The van der Waals surface area contributed by atoms with Gasteiger partial charge in [0.1, 0.15) is 11.6 Å². The first-order valence-corrected chi connectivity index (χ1v) is 12.3. The molecule has 2 rings (SSSR count). The second-order valence-corrected chi connectivity index (χ2v) is 9.11. The van der Waals surface area contributed by atoms with Crippen molar-refractivity contribution in [1.82, 2.24) is 5.32 Å². The van der Waals surface area contributed by atoms with Crippen LogP contribution in [-0.4, -0.2) is 24.8 Å². The van der Waals surface area contributed by atoms with Gasteiger partial charge in [-0.05, 0) is 99.3 Å². The Morgan fingerprint density at radius 3 is 2.03 bits per heavy atom. The Kier molecular flexibility index (Phi) is 12.5. The fraction of sp³-hybridized carbons (Fsp3) is 0.571. The van der Waals surface area contributed by atoms with E-state index in [1.165, 1.54) is 54.5 Å². The van der Waals surface area contributed by atoms with Gasteiger partial charge in [-0.25, -0.2) is 8.78 Å².